The molecule has 5 rings (SSSR count). The van der Waals surface area contributed by atoms with E-state index in [1.807, 2.05) is 30.3 Å². The number of rotatable bonds is 5. The predicted molar refractivity (Wildman–Crippen MR) is 120 cm³/mol. The van der Waals surface area contributed by atoms with Crippen molar-refractivity contribution in [1.29, 1.82) is 0 Å². The summed E-state index contributed by atoms with van der Waals surface area (Å²) < 4.78 is 7.02. The zero-order valence-electron chi connectivity index (χ0n) is 16.8. The van der Waals surface area contributed by atoms with Crippen molar-refractivity contribution in [2.75, 3.05) is 0 Å². The van der Waals surface area contributed by atoms with Crippen LogP contribution in [0.25, 0.3) is 10.2 Å². The van der Waals surface area contributed by atoms with Crippen LogP contribution in [0.1, 0.15) is 38.2 Å². The van der Waals surface area contributed by atoms with E-state index in [1.165, 1.54) is 29.7 Å². The van der Waals surface area contributed by atoms with Crippen LogP contribution < -0.4 is 10.1 Å². The number of amides is 1. The van der Waals surface area contributed by atoms with Gasteiger partial charge >= 0.3 is 0 Å². The van der Waals surface area contributed by atoms with Gasteiger partial charge in [-0.25, -0.2) is 4.98 Å². The summed E-state index contributed by atoms with van der Waals surface area (Å²) in [7, 11) is 0. The molecule has 2 aliphatic rings. The van der Waals surface area contributed by atoms with Crippen molar-refractivity contribution in [1.82, 2.24) is 15.2 Å². The van der Waals surface area contributed by atoms with E-state index in [0.717, 1.165) is 35.4 Å². The van der Waals surface area contributed by atoms with E-state index in [1.54, 1.807) is 6.92 Å². The number of hydrogen-bond acceptors (Lipinski definition) is 5. The van der Waals surface area contributed by atoms with Crippen molar-refractivity contribution in [2.45, 2.75) is 57.3 Å². The topological polar surface area (TPSA) is 54.5 Å². The maximum atomic E-state index is 11.4. The molecule has 2 bridgehead atoms. The standard InChI is InChI=1S/C23H24ClN3O2S/c1-14(28)25-17-11-18-5-6-19(12-17)27(18)13-15-2-7-20(8-3-15)29-23-26-21-10-16(24)4-9-22(21)30-23/h2-4,7-10,17-19H,5-6,11-13H2,1H3,(H,25,28)/t17?,18-,19?/m1/s1. The van der Waals surface area contributed by atoms with Crippen molar-refractivity contribution in [2.24, 2.45) is 0 Å². The number of aromatic nitrogens is 1. The fourth-order valence-corrected chi connectivity index (χ4v) is 5.82. The molecule has 0 radical (unpaired) electrons. The molecule has 0 spiro atoms. The van der Waals surface area contributed by atoms with Gasteiger partial charge in [0.05, 0.1) is 10.2 Å². The Morgan fingerprint density at radius 1 is 1.20 bits per heavy atom. The van der Waals surface area contributed by atoms with Crippen molar-refractivity contribution in [3.05, 3.63) is 53.1 Å². The normalized spacial score (nSPS) is 23.6. The van der Waals surface area contributed by atoms with Crippen LogP contribution in [0, 0.1) is 0 Å². The van der Waals surface area contributed by atoms with Gasteiger partial charge in [0.2, 0.25) is 5.91 Å². The Bertz CT molecular complexity index is 1050. The molecule has 30 heavy (non-hydrogen) atoms. The van der Waals surface area contributed by atoms with Gasteiger partial charge in [0, 0.05) is 36.6 Å². The van der Waals surface area contributed by atoms with E-state index in [9.17, 15) is 4.79 Å². The van der Waals surface area contributed by atoms with Gasteiger partial charge in [-0.1, -0.05) is 35.1 Å². The highest BCUT2D eigenvalue weighted by atomic mass is 35.5. The number of hydrogen-bond donors (Lipinski definition) is 1. The lowest BCUT2D eigenvalue weighted by molar-refractivity contribution is -0.120. The quantitative estimate of drug-likeness (QED) is 0.578. The third-order valence-electron chi connectivity index (χ3n) is 6.12. The van der Waals surface area contributed by atoms with Crippen molar-refractivity contribution in [3.8, 4) is 10.9 Å². The zero-order chi connectivity index (χ0) is 20.7. The predicted octanol–water partition coefficient (Wildman–Crippen LogP) is 5.37. The molecule has 1 aromatic heterocycles. The number of carbonyl (C=O) groups excluding carboxylic acids is 1. The molecule has 2 saturated heterocycles. The molecule has 3 atom stereocenters. The lowest BCUT2D eigenvalue weighted by atomic mass is 9.96. The average Bonchev–Trinajstić information content (AvgIpc) is 3.19. The van der Waals surface area contributed by atoms with Crippen LogP contribution in [0.15, 0.2) is 42.5 Å². The zero-order valence-corrected chi connectivity index (χ0v) is 18.4. The number of thiazole rings is 1. The Kier molecular flexibility index (Phi) is 5.39. The van der Waals surface area contributed by atoms with Crippen LogP contribution in [0.5, 0.6) is 10.9 Å². The minimum Gasteiger partial charge on any atom is -0.431 e. The van der Waals surface area contributed by atoms with Crippen LogP contribution >= 0.6 is 22.9 Å². The SMILES string of the molecule is CC(=O)NC1CC2CC[C@H](C1)N2Cc1ccc(Oc2nc3cc(Cl)ccc3s2)cc1. The minimum atomic E-state index is 0.0830. The van der Waals surface area contributed by atoms with E-state index in [-0.39, 0.29) is 5.91 Å². The number of halogens is 1. The molecule has 2 aliphatic heterocycles. The van der Waals surface area contributed by atoms with Gasteiger partial charge in [0.1, 0.15) is 5.75 Å². The molecule has 3 aromatic rings. The van der Waals surface area contributed by atoms with Crippen LogP contribution in [-0.2, 0) is 11.3 Å². The van der Waals surface area contributed by atoms with E-state index >= 15 is 0 Å². The third-order valence-corrected chi connectivity index (χ3v) is 7.26. The average molecular weight is 442 g/mol. The maximum Gasteiger partial charge on any atom is 0.279 e. The van der Waals surface area contributed by atoms with Crippen LogP contribution in [-0.4, -0.2) is 33.9 Å². The van der Waals surface area contributed by atoms with Crippen molar-refractivity contribution in [3.63, 3.8) is 0 Å². The first-order valence-electron chi connectivity index (χ1n) is 10.4. The largest absolute Gasteiger partial charge is 0.431 e. The van der Waals surface area contributed by atoms with Gasteiger partial charge in [-0.15, -0.1) is 0 Å². The summed E-state index contributed by atoms with van der Waals surface area (Å²) in [5, 5.41) is 4.42. The van der Waals surface area contributed by atoms with Gasteiger partial charge in [-0.2, -0.15) is 0 Å². The Labute approximate surface area is 185 Å². The highest BCUT2D eigenvalue weighted by Crippen LogP contribution is 2.37. The summed E-state index contributed by atoms with van der Waals surface area (Å²) in [6.07, 6.45) is 4.56. The second-order valence-electron chi connectivity index (χ2n) is 8.26. The summed E-state index contributed by atoms with van der Waals surface area (Å²) in [5.41, 5.74) is 2.14. The highest BCUT2D eigenvalue weighted by Gasteiger charge is 2.40. The Morgan fingerprint density at radius 3 is 2.63 bits per heavy atom. The van der Waals surface area contributed by atoms with Gasteiger partial charge in [0.25, 0.3) is 5.19 Å². The number of piperidine rings is 1. The Balaban J connectivity index is 1.23. The smallest absolute Gasteiger partial charge is 0.279 e. The van der Waals surface area contributed by atoms with Gasteiger partial charge < -0.3 is 10.1 Å². The molecule has 1 amide bonds. The Morgan fingerprint density at radius 2 is 1.93 bits per heavy atom. The number of ether oxygens (including phenoxy) is 1. The molecular formula is C23H24ClN3O2S. The van der Waals surface area contributed by atoms with E-state index < -0.39 is 0 Å². The third kappa shape index (κ3) is 4.17. The summed E-state index contributed by atoms with van der Waals surface area (Å²) in [5.74, 6) is 0.871. The lowest BCUT2D eigenvalue weighted by Gasteiger charge is -2.39. The maximum absolute atomic E-state index is 11.4. The van der Waals surface area contributed by atoms with Crippen LogP contribution in [0.3, 0.4) is 0 Å². The molecule has 2 fully saturated rings. The molecule has 0 saturated carbocycles. The molecule has 2 unspecified atom stereocenters. The molecular weight excluding hydrogens is 418 g/mol. The summed E-state index contributed by atoms with van der Waals surface area (Å²) in [4.78, 5) is 18.5. The second kappa shape index (κ2) is 8.17. The fraction of sp³-hybridized carbons (Fsp3) is 0.391. The molecule has 0 aliphatic carbocycles. The van der Waals surface area contributed by atoms with Crippen molar-refractivity contribution < 1.29 is 9.53 Å². The van der Waals surface area contributed by atoms with Crippen LogP contribution in [0.4, 0.5) is 0 Å². The summed E-state index contributed by atoms with van der Waals surface area (Å²) >= 11 is 7.56. The molecule has 5 nitrogen and oxygen atoms in total. The van der Waals surface area contributed by atoms with Crippen molar-refractivity contribution >= 4 is 39.1 Å². The number of benzene rings is 2. The van der Waals surface area contributed by atoms with Gasteiger partial charge in [0.15, 0.2) is 0 Å². The van der Waals surface area contributed by atoms with E-state index in [4.69, 9.17) is 16.3 Å². The Hall–Kier alpha value is -2.15. The molecule has 7 heteroatoms. The number of nitrogens with one attached hydrogen (secondary N) is 1. The monoisotopic (exact) mass is 441 g/mol. The number of nitrogens with zero attached hydrogens (tertiary/aromatic N) is 2. The van der Waals surface area contributed by atoms with Gasteiger partial charge in [-0.3, -0.25) is 9.69 Å². The van der Waals surface area contributed by atoms with E-state index in [2.05, 4.69) is 27.3 Å². The first-order valence-corrected chi connectivity index (χ1v) is 11.6. The minimum absolute atomic E-state index is 0.0830. The summed E-state index contributed by atoms with van der Waals surface area (Å²) in [6, 6.07) is 15.4. The number of fused-ring (bicyclic) bond motifs is 3. The molecule has 1 N–H and O–H groups in total. The van der Waals surface area contributed by atoms with Gasteiger partial charge in [-0.05, 0) is 61.6 Å². The second-order valence-corrected chi connectivity index (χ2v) is 9.69. The first-order chi connectivity index (χ1) is 14.5. The lowest BCUT2D eigenvalue weighted by Crippen LogP contribution is -2.49. The molecule has 2 aromatic carbocycles. The molecule has 3 heterocycles. The van der Waals surface area contributed by atoms with Crippen LogP contribution in [0.2, 0.25) is 5.02 Å². The first kappa shape index (κ1) is 19.8. The fourth-order valence-electron chi connectivity index (χ4n) is 4.84. The highest BCUT2D eigenvalue weighted by molar-refractivity contribution is 7.20. The number of carbonyl (C=O) groups is 1. The van der Waals surface area contributed by atoms with E-state index in [0.29, 0.717) is 28.3 Å². The summed E-state index contributed by atoms with van der Waals surface area (Å²) in [6.45, 7) is 2.56. The molecule has 156 valence electrons.